The van der Waals surface area contributed by atoms with Crippen LogP contribution in [0.3, 0.4) is 0 Å². The van der Waals surface area contributed by atoms with Gasteiger partial charge >= 0.3 is 12.0 Å². The molecular weight excluding hydrogens is 299 g/mol. The molecule has 0 aliphatic heterocycles. The number of phenolic OH excluding ortho intramolecular Hbond substituents is 1. The van der Waals surface area contributed by atoms with Gasteiger partial charge in [-0.05, 0) is 6.07 Å². The fourth-order valence-electron chi connectivity index (χ4n) is 0.902. The lowest BCUT2D eigenvalue weighted by molar-refractivity contribution is -0.386. The van der Waals surface area contributed by atoms with Crippen molar-refractivity contribution in [3.8, 4) is 11.5 Å². The Kier molecular flexibility index (Phi) is 3.27. The van der Waals surface area contributed by atoms with Crippen LogP contribution in [0, 0.1) is 10.1 Å². The number of aromatic hydroxyl groups is 1. The molecule has 0 unspecified atom stereocenters. The molecule has 1 rings (SSSR count). The van der Waals surface area contributed by atoms with E-state index in [0.29, 0.717) is 0 Å². The molecule has 1 N–H and O–H groups in total. The Bertz CT molecular complexity index is 434. The van der Waals surface area contributed by atoms with E-state index in [1.54, 1.807) is 0 Å². The summed E-state index contributed by atoms with van der Waals surface area (Å²) in [6, 6.07) is 1.63. The van der Waals surface area contributed by atoms with Crippen LogP contribution in [-0.2, 0) is 0 Å². The Balaban J connectivity index is 3.25. The smallest absolute Gasteiger partial charge is 0.500 e. The summed E-state index contributed by atoms with van der Waals surface area (Å²) in [7, 11) is 0. The predicted octanol–water partition coefficient (Wildman–Crippen LogP) is 2.96. The normalized spacial score (nSPS) is 11.2. The summed E-state index contributed by atoms with van der Waals surface area (Å²) in [6.07, 6.45) is -5.04. The van der Waals surface area contributed by atoms with Crippen molar-refractivity contribution in [1.29, 1.82) is 0 Å². The number of rotatable bonds is 2. The van der Waals surface area contributed by atoms with E-state index in [-0.39, 0.29) is 4.47 Å². The second-order valence-electron chi connectivity index (χ2n) is 2.58. The van der Waals surface area contributed by atoms with Gasteiger partial charge in [0.15, 0.2) is 5.75 Å². The fraction of sp³-hybridized carbons (Fsp3) is 0.143. The zero-order valence-electron chi connectivity index (χ0n) is 7.29. The number of nitro benzene ring substituents is 1. The molecule has 1 aromatic carbocycles. The number of nitro groups is 1. The van der Waals surface area contributed by atoms with Crippen molar-refractivity contribution in [2.24, 2.45) is 0 Å². The van der Waals surface area contributed by atoms with Gasteiger partial charge in [-0.15, -0.1) is 13.2 Å². The zero-order chi connectivity index (χ0) is 12.5. The average Bonchev–Trinajstić information content (AvgIpc) is 2.07. The number of phenols is 1. The molecule has 0 bridgehead atoms. The average molecular weight is 302 g/mol. The molecule has 0 aliphatic carbocycles. The number of benzene rings is 1. The van der Waals surface area contributed by atoms with Crippen molar-refractivity contribution in [2.75, 3.05) is 0 Å². The lowest BCUT2D eigenvalue weighted by atomic mass is 10.3. The summed E-state index contributed by atoms with van der Waals surface area (Å²) in [4.78, 5) is 9.36. The first-order valence-electron chi connectivity index (χ1n) is 3.63. The number of hydrogen-bond donors (Lipinski definition) is 1. The van der Waals surface area contributed by atoms with Gasteiger partial charge in [-0.25, -0.2) is 0 Å². The van der Waals surface area contributed by atoms with E-state index in [0.717, 1.165) is 12.1 Å². The van der Waals surface area contributed by atoms with Crippen LogP contribution >= 0.6 is 15.9 Å². The Morgan fingerprint density at radius 3 is 2.44 bits per heavy atom. The Hall–Kier alpha value is -1.51. The molecule has 9 heteroatoms. The van der Waals surface area contributed by atoms with Gasteiger partial charge in [0.05, 0.1) is 4.92 Å². The highest BCUT2D eigenvalue weighted by atomic mass is 79.9. The quantitative estimate of drug-likeness (QED) is 0.673. The summed E-state index contributed by atoms with van der Waals surface area (Å²) in [5.74, 6) is -2.21. The van der Waals surface area contributed by atoms with E-state index in [1.807, 2.05) is 0 Å². The second-order valence-corrected chi connectivity index (χ2v) is 3.49. The van der Waals surface area contributed by atoms with E-state index in [1.165, 1.54) is 0 Å². The van der Waals surface area contributed by atoms with Gasteiger partial charge < -0.3 is 9.84 Å². The maximum absolute atomic E-state index is 11.9. The number of hydrogen-bond acceptors (Lipinski definition) is 4. The minimum absolute atomic E-state index is 0.0174. The van der Waals surface area contributed by atoms with Gasteiger partial charge in [0.25, 0.3) is 0 Å². The fourth-order valence-corrected chi connectivity index (χ4v) is 1.33. The van der Waals surface area contributed by atoms with Gasteiger partial charge in [-0.2, -0.15) is 0 Å². The van der Waals surface area contributed by atoms with Crippen LogP contribution in [0.4, 0.5) is 18.9 Å². The molecule has 88 valence electrons. The van der Waals surface area contributed by atoms with Crippen LogP contribution in [0.2, 0.25) is 0 Å². The molecule has 0 radical (unpaired) electrons. The third-order valence-electron chi connectivity index (χ3n) is 1.44. The third kappa shape index (κ3) is 2.99. The number of ether oxygens (including phenoxy) is 1. The van der Waals surface area contributed by atoms with E-state index >= 15 is 0 Å². The lowest BCUT2D eigenvalue weighted by Gasteiger charge is -2.10. The molecule has 0 heterocycles. The first-order chi connectivity index (χ1) is 7.20. The SMILES string of the molecule is O=[N+]([O-])c1cc(Br)cc(OC(F)(F)F)c1O. The highest BCUT2D eigenvalue weighted by molar-refractivity contribution is 9.10. The molecule has 0 aromatic heterocycles. The van der Waals surface area contributed by atoms with E-state index < -0.39 is 28.5 Å². The molecule has 0 amide bonds. The van der Waals surface area contributed by atoms with Crippen molar-refractivity contribution < 1.29 is 27.9 Å². The largest absolute Gasteiger partial charge is 0.573 e. The minimum Gasteiger partial charge on any atom is -0.500 e. The summed E-state index contributed by atoms with van der Waals surface area (Å²) in [5.41, 5.74) is -0.881. The van der Waals surface area contributed by atoms with Crippen molar-refractivity contribution in [2.45, 2.75) is 6.36 Å². The molecule has 0 fully saturated rings. The predicted molar refractivity (Wildman–Crippen MR) is 49.1 cm³/mol. The maximum atomic E-state index is 11.9. The Morgan fingerprint density at radius 2 is 2.00 bits per heavy atom. The van der Waals surface area contributed by atoms with Crippen LogP contribution in [-0.4, -0.2) is 16.4 Å². The molecule has 16 heavy (non-hydrogen) atoms. The lowest BCUT2D eigenvalue weighted by Crippen LogP contribution is -2.17. The molecule has 0 saturated carbocycles. The standard InChI is InChI=1S/C7H3BrF3NO4/c8-3-1-4(12(14)15)6(13)5(2-3)16-7(9,10)11/h1-2,13H. The zero-order valence-corrected chi connectivity index (χ0v) is 8.87. The highest BCUT2D eigenvalue weighted by Crippen LogP contribution is 2.40. The number of nitrogens with zero attached hydrogens (tertiary/aromatic N) is 1. The first kappa shape index (κ1) is 12.6. The summed E-state index contributed by atoms with van der Waals surface area (Å²) in [6.45, 7) is 0. The summed E-state index contributed by atoms with van der Waals surface area (Å²) >= 11 is 2.76. The molecule has 1 aromatic rings. The van der Waals surface area contributed by atoms with Crippen LogP contribution in [0.15, 0.2) is 16.6 Å². The molecular formula is C7H3BrF3NO4. The van der Waals surface area contributed by atoms with Gasteiger partial charge in [0.1, 0.15) is 0 Å². The van der Waals surface area contributed by atoms with Crippen molar-refractivity contribution in [3.63, 3.8) is 0 Å². The summed E-state index contributed by atoms with van der Waals surface area (Å²) < 4.78 is 39.0. The van der Waals surface area contributed by atoms with Crippen LogP contribution < -0.4 is 4.74 Å². The van der Waals surface area contributed by atoms with Gasteiger partial charge in [0, 0.05) is 10.5 Å². The summed E-state index contributed by atoms with van der Waals surface area (Å²) in [5, 5.41) is 19.5. The molecule has 0 aliphatic rings. The maximum Gasteiger partial charge on any atom is 0.573 e. The second kappa shape index (κ2) is 4.16. The first-order valence-corrected chi connectivity index (χ1v) is 4.42. The molecule has 0 saturated heterocycles. The van der Waals surface area contributed by atoms with E-state index in [4.69, 9.17) is 5.11 Å². The minimum atomic E-state index is -5.04. The van der Waals surface area contributed by atoms with Crippen LogP contribution in [0.25, 0.3) is 0 Å². The van der Waals surface area contributed by atoms with Gasteiger partial charge in [-0.3, -0.25) is 10.1 Å². The number of halogens is 4. The van der Waals surface area contributed by atoms with Crippen LogP contribution in [0.1, 0.15) is 0 Å². The Labute approximate surface area is 94.7 Å². The topological polar surface area (TPSA) is 72.6 Å². The third-order valence-corrected chi connectivity index (χ3v) is 1.90. The van der Waals surface area contributed by atoms with E-state index in [2.05, 4.69) is 20.7 Å². The monoisotopic (exact) mass is 301 g/mol. The molecule has 0 atom stereocenters. The highest BCUT2D eigenvalue weighted by Gasteiger charge is 2.34. The van der Waals surface area contributed by atoms with Crippen molar-refractivity contribution in [3.05, 3.63) is 26.7 Å². The Morgan fingerprint density at radius 1 is 1.44 bits per heavy atom. The van der Waals surface area contributed by atoms with Gasteiger partial charge in [-0.1, -0.05) is 15.9 Å². The van der Waals surface area contributed by atoms with Crippen molar-refractivity contribution in [1.82, 2.24) is 0 Å². The molecule has 5 nitrogen and oxygen atoms in total. The van der Waals surface area contributed by atoms with Crippen LogP contribution in [0.5, 0.6) is 11.5 Å². The van der Waals surface area contributed by atoms with Crippen molar-refractivity contribution >= 4 is 21.6 Å². The number of alkyl halides is 3. The van der Waals surface area contributed by atoms with Gasteiger partial charge in [0.2, 0.25) is 5.75 Å². The molecule has 0 spiro atoms. The van der Waals surface area contributed by atoms with E-state index in [9.17, 15) is 23.3 Å².